The maximum absolute atomic E-state index is 11.7. The summed E-state index contributed by atoms with van der Waals surface area (Å²) in [6.07, 6.45) is 0.642. The minimum atomic E-state index is -0.482. The topological polar surface area (TPSA) is 46.5 Å². The molecule has 1 heterocycles. The molecule has 1 aliphatic rings. The number of phenols is 1. The van der Waals surface area contributed by atoms with Crippen molar-refractivity contribution in [3.05, 3.63) is 28.8 Å². The number of carbonyl (C=O) groups is 1. The van der Waals surface area contributed by atoms with Crippen LogP contribution in [0.4, 0.5) is 0 Å². The summed E-state index contributed by atoms with van der Waals surface area (Å²) >= 11 is 0. The Morgan fingerprint density at radius 2 is 2.07 bits per heavy atom. The summed E-state index contributed by atoms with van der Waals surface area (Å²) in [5.74, 6) is -0.413. The number of ether oxygens (including phenoxy) is 1. The van der Waals surface area contributed by atoms with Gasteiger partial charge >= 0.3 is 5.97 Å². The highest BCUT2D eigenvalue weighted by Gasteiger charge is 2.34. The lowest BCUT2D eigenvalue weighted by Crippen LogP contribution is -2.36. The van der Waals surface area contributed by atoms with E-state index in [0.717, 1.165) is 11.1 Å². The van der Waals surface area contributed by atoms with Crippen molar-refractivity contribution in [1.29, 1.82) is 0 Å². The summed E-state index contributed by atoms with van der Waals surface area (Å²) in [7, 11) is 0. The Morgan fingerprint density at radius 3 is 2.73 bits per heavy atom. The van der Waals surface area contributed by atoms with Gasteiger partial charge in [-0.3, -0.25) is 0 Å². The van der Waals surface area contributed by atoms with Crippen molar-refractivity contribution >= 4 is 5.97 Å². The molecule has 0 saturated carbocycles. The Kier molecular flexibility index (Phi) is 2.00. The second kappa shape index (κ2) is 2.99. The summed E-state index contributed by atoms with van der Waals surface area (Å²) in [6.45, 7) is 5.63. The first-order chi connectivity index (χ1) is 6.89. The fourth-order valence-corrected chi connectivity index (χ4v) is 2.01. The molecule has 80 valence electrons. The van der Waals surface area contributed by atoms with Crippen LogP contribution in [0.15, 0.2) is 12.1 Å². The molecule has 3 heteroatoms. The lowest BCUT2D eigenvalue weighted by molar-refractivity contribution is -0.00686. The molecule has 0 saturated heterocycles. The van der Waals surface area contributed by atoms with Crippen molar-refractivity contribution in [2.75, 3.05) is 0 Å². The van der Waals surface area contributed by atoms with E-state index in [1.807, 2.05) is 26.8 Å². The molecule has 0 spiro atoms. The summed E-state index contributed by atoms with van der Waals surface area (Å²) in [5, 5.41) is 9.68. The van der Waals surface area contributed by atoms with Gasteiger partial charge in [0.25, 0.3) is 0 Å². The SMILES string of the molecule is Cc1cc(O)c2c(c1)CC(C)(C)OC2=O. The van der Waals surface area contributed by atoms with Gasteiger partial charge in [-0.1, -0.05) is 6.07 Å². The van der Waals surface area contributed by atoms with E-state index in [0.29, 0.717) is 12.0 Å². The van der Waals surface area contributed by atoms with Crippen molar-refractivity contribution < 1.29 is 14.6 Å². The standard InChI is InChI=1S/C12H14O3/c1-7-4-8-6-12(2,3)15-11(14)10(8)9(13)5-7/h4-5,13H,6H2,1-3H3. The van der Waals surface area contributed by atoms with Crippen molar-refractivity contribution in [1.82, 2.24) is 0 Å². The highest BCUT2D eigenvalue weighted by Crippen LogP contribution is 2.33. The van der Waals surface area contributed by atoms with Crippen molar-refractivity contribution in [3.63, 3.8) is 0 Å². The molecule has 0 bridgehead atoms. The number of hydrogen-bond donors (Lipinski definition) is 1. The van der Waals surface area contributed by atoms with Gasteiger partial charge in [0, 0.05) is 6.42 Å². The van der Waals surface area contributed by atoms with Gasteiger partial charge < -0.3 is 9.84 Å². The van der Waals surface area contributed by atoms with Gasteiger partial charge in [-0.2, -0.15) is 0 Å². The Hall–Kier alpha value is -1.51. The molecule has 0 aromatic heterocycles. The molecule has 0 aliphatic carbocycles. The van der Waals surface area contributed by atoms with E-state index < -0.39 is 11.6 Å². The van der Waals surface area contributed by atoms with Crippen LogP contribution >= 0.6 is 0 Å². The average Bonchev–Trinajstić information content (AvgIpc) is 1.97. The maximum Gasteiger partial charge on any atom is 0.342 e. The zero-order valence-electron chi connectivity index (χ0n) is 9.13. The molecule has 2 rings (SSSR count). The molecule has 0 fully saturated rings. The van der Waals surface area contributed by atoms with Gasteiger partial charge in [-0.05, 0) is 38.0 Å². The fourth-order valence-electron chi connectivity index (χ4n) is 2.01. The predicted molar refractivity (Wildman–Crippen MR) is 56.0 cm³/mol. The highest BCUT2D eigenvalue weighted by atomic mass is 16.6. The Morgan fingerprint density at radius 1 is 1.40 bits per heavy atom. The summed E-state index contributed by atoms with van der Waals surface area (Å²) in [5.41, 5.74) is 1.66. The lowest BCUT2D eigenvalue weighted by Gasteiger charge is -2.31. The molecule has 0 radical (unpaired) electrons. The number of phenolic OH excluding ortho intramolecular Hbond substituents is 1. The second-order valence-electron chi connectivity index (χ2n) is 4.64. The number of fused-ring (bicyclic) bond motifs is 1. The van der Waals surface area contributed by atoms with Gasteiger partial charge in [0.05, 0.1) is 0 Å². The van der Waals surface area contributed by atoms with Gasteiger partial charge in [0.15, 0.2) is 0 Å². The maximum atomic E-state index is 11.7. The quantitative estimate of drug-likeness (QED) is 0.662. The molecule has 1 aliphatic heterocycles. The first kappa shape index (κ1) is 10.0. The van der Waals surface area contributed by atoms with Crippen molar-refractivity contribution in [2.45, 2.75) is 32.8 Å². The molecule has 1 aromatic carbocycles. The first-order valence-electron chi connectivity index (χ1n) is 4.95. The predicted octanol–water partition coefficient (Wildman–Crippen LogP) is 2.19. The molecule has 3 nitrogen and oxygen atoms in total. The van der Waals surface area contributed by atoms with Gasteiger partial charge in [-0.25, -0.2) is 4.79 Å². The van der Waals surface area contributed by atoms with E-state index >= 15 is 0 Å². The van der Waals surface area contributed by atoms with E-state index in [-0.39, 0.29) is 5.75 Å². The smallest absolute Gasteiger partial charge is 0.342 e. The normalized spacial score (nSPS) is 18.2. The summed E-state index contributed by atoms with van der Waals surface area (Å²) in [4.78, 5) is 11.7. The third-order valence-corrected chi connectivity index (χ3v) is 2.53. The van der Waals surface area contributed by atoms with E-state index in [1.165, 1.54) is 0 Å². The number of aromatic hydroxyl groups is 1. The molecule has 1 N–H and O–H groups in total. The van der Waals surface area contributed by atoms with Gasteiger partial charge in [-0.15, -0.1) is 0 Å². The largest absolute Gasteiger partial charge is 0.507 e. The zero-order chi connectivity index (χ0) is 11.2. The molecular formula is C12H14O3. The number of cyclic esters (lactones) is 1. The molecule has 15 heavy (non-hydrogen) atoms. The van der Waals surface area contributed by atoms with Crippen LogP contribution in [0.25, 0.3) is 0 Å². The van der Waals surface area contributed by atoms with Crippen LogP contribution in [0.2, 0.25) is 0 Å². The number of carbonyl (C=O) groups excluding carboxylic acids is 1. The van der Waals surface area contributed by atoms with Crippen LogP contribution in [0.1, 0.15) is 35.3 Å². The van der Waals surface area contributed by atoms with Crippen LogP contribution in [-0.4, -0.2) is 16.7 Å². The highest BCUT2D eigenvalue weighted by molar-refractivity contribution is 5.95. The number of rotatable bonds is 0. The monoisotopic (exact) mass is 206 g/mol. The Labute approximate surface area is 88.7 Å². The minimum Gasteiger partial charge on any atom is -0.507 e. The summed E-state index contributed by atoms with van der Waals surface area (Å²) in [6, 6.07) is 3.51. The van der Waals surface area contributed by atoms with Crippen LogP contribution in [0.5, 0.6) is 5.75 Å². The van der Waals surface area contributed by atoms with Crippen molar-refractivity contribution in [2.24, 2.45) is 0 Å². The zero-order valence-corrected chi connectivity index (χ0v) is 9.13. The van der Waals surface area contributed by atoms with E-state index in [9.17, 15) is 9.90 Å². The van der Waals surface area contributed by atoms with Crippen LogP contribution in [-0.2, 0) is 11.2 Å². The molecule has 0 atom stereocenters. The number of aryl methyl sites for hydroxylation is 1. The third kappa shape index (κ3) is 1.69. The van der Waals surface area contributed by atoms with Crippen LogP contribution < -0.4 is 0 Å². The first-order valence-corrected chi connectivity index (χ1v) is 4.95. The number of esters is 1. The molecule has 0 amide bonds. The van der Waals surface area contributed by atoms with E-state index in [2.05, 4.69) is 0 Å². The number of benzene rings is 1. The Balaban J connectivity index is 2.60. The van der Waals surface area contributed by atoms with Crippen LogP contribution in [0, 0.1) is 6.92 Å². The Bertz CT molecular complexity index is 433. The second-order valence-corrected chi connectivity index (χ2v) is 4.64. The lowest BCUT2D eigenvalue weighted by atomic mass is 9.90. The van der Waals surface area contributed by atoms with E-state index in [1.54, 1.807) is 6.07 Å². The molecule has 0 unspecified atom stereocenters. The molecule has 1 aromatic rings. The van der Waals surface area contributed by atoms with E-state index in [4.69, 9.17) is 4.74 Å². The molecular weight excluding hydrogens is 192 g/mol. The minimum absolute atomic E-state index is 0.0190. The average molecular weight is 206 g/mol. The fraction of sp³-hybridized carbons (Fsp3) is 0.417. The van der Waals surface area contributed by atoms with Crippen molar-refractivity contribution in [3.8, 4) is 5.75 Å². The number of hydrogen-bond acceptors (Lipinski definition) is 3. The third-order valence-electron chi connectivity index (χ3n) is 2.53. The van der Waals surface area contributed by atoms with Crippen LogP contribution in [0.3, 0.4) is 0 Å². The van der Waals surface area contributed by atoms with Gasteiger partial charge in [0.2, 0.25) is 0 Å². The summed E-state index contributed by atoms with van der Waals surface area (Å²) < 4.78 is 5.22. The van der Waals surface area contributed by atoms with Gasteiger partial charge in [0.1, 0.15) is 16.9 Å².